The van der Waals surface area contributed by atoms with Crippen LogP contribution in [0, 0.1) is 58.2 Å². The van der Waals surface area contributed by atoms with E-state index in [-0.39, 0.29) is 0 Å². The van der Waals surface area contributed by atoms with Crippen LogP contribution in [0.25, 0.3) is 54.6 Å². The van der Waals surface area contributed by atoms with E-state index in [4.69, 9.17) is 4.74 Å². The highest BCUT2D eigenvalue weighted by Gasteiger charge is 2.40. The number of rotatable bonds is 4. The molecule has 12 heteroatoms. The van der Waals surface area contributed by atoms with E-state index in [1.807, 2.05) is 66.7 Å². The topological polar surface area (TPSA) is 9.23 Å². The van der Waals surface area contributed by atoms with Crippen LogP contribution in [0.3, 0.4) is 0 Å². The summed E-state index contributed by atoms with van der Waals surface area (Å²) in [6, 6.07) is 29.6. The van der Waals surface area contributed by atoms with Gasteiger partial charge in [0.15, 0.2) is 58.2 Å². The monoisotopic (exact) mass is 738 g/mol. The largest absolute Gasteiger partial charge is 0.456 e. The summed E-state index contributed by atoms with van der Waals surface area (Å²) in [6.45, 7) is -2.67. The summed E-state index contributed by atoms with van der Waals surface area (Å²) in [5, 5.41) is 5.03. The highest BCUT2D eigenvalue weighted by Crippen LogP contribution is 2.50. The molecule has 54 heavy (non-hydrogen) atoms. The van der Waals surface area contributed by atoms with Crippen LogP contribution >= 0.6 is 0 Å². The van der Waals surface area contributed by atoms with E-state index in [0.717, 1.165) is 55.6 Å². The first-order chi connectivity index (χ1) is 26.0. The lowest BCUT2D eigenvalue weighted by Gasteiger charge is -2.23. The maximum absolute atomic E-state index is 15.3. The van der Waals surface area contributed by atoms with Gasteiger partial charge in [-0.05, 0) is 67.9 Å². The summed E-state index contributed by atoms with van der Waals surface area (Å²) in [4.78, 5) is 0. The molecular formula is C42H17BF10O. The van der Waals surface area contributed by atoms with Gasteiger partial charge < -0.3 is 4.74 Å². The van der Waals surface area contributed by atoms with E-state index >= 15 is 17.6 Å². The van der Waals surface area contributed by atoms with Gasteiger partial charge in [-0.3, -0.25) is 0 Å². The summed E-state index contributed by atoms with van der Waals surface area (Å²) in [6.07, 6.45) is 0. The van der Waals surface area contributed by atoms with Crippen LogP contribution in [0.2, 0.25) is 0 Å². The van der Waals surface area contributed by atoms with Gasteiger partial charge in [0.05, 0.1) is 0 Å². The molecule has 1 aliphatic rings. The quantitative estimate of drug-likeness (QED) is 0.0575. The van der Waals surface area contributed by atoms with Crippen molar-refractivity contribution in [2.75, 3.05) is 0 Å². The van der Waals surface area contributed by atoms with Crippen molar-refractivity contribution in [3.63, 3.8) is 0 Å². The van der Waals surface area contributed by atoms with Crippen molar-refractivity contribution >= 4 is 55.4 Å². The van der Waals surface area contributed by atoms with Crippen LogP contribution in [-0.4, -0.2) is 6.71 Å². The molecule has 1 heterocycles. The lowest BCUT2D eigenvalue weighted by Crippen LogP contribution is -2.58. The highest BCUT2D eigenvalue weighted by molar-refractivity contribution is 6.95. The first-order valence-corrected chi connectivity index (χ1v) is 16.3. The molecule has 0 unspecified atom stereocenters. The Balaban J connectivity index is 1.28. The molecule has 0 atom stereocenters. The summed E-state index contributed by atoms with van der Waals surface area (Å²) in [5.74, 6) is -23.7. The third-order valence-corrected chi connectivity index (χ3v) is 9.98. The van der Waals surface area contributed by atoms with E-state index in [9.17, 15) is 26.3 Å². The minimum absolute atomic E-state index is 0.437. The Morgan fingerprint density at radius 3 is 1.43 bits per heavy atom. The molecular weight excluding hydrogens is 721 g/mol. The van der Waals surface area contributed by atoms with E-state index in [0.29, 0.717) is 22.6 Å². The summed E-state index contributed by atoms with van der Waals surface area (Å²) >= 11 is 0. The number of benzene rings is 8. The van der Waals surface area contributed by atoms with E-state index in [2.05, 4.69) is 6.07 Å². The summed E-state index contributed by atoms with van der Waals surface area (Å²) in [5.41, 5.74) is -1.22. The Morgan fingerprint density at radius 2 is 0.815 bits per heavy atom. The van der Waals surface area contributed by atoms with Gasteiger partial charge in [-0.15, -0.1) is 0 Å². The maximum Gasteiger partial charge on any atom is 0.257 e. The second-order valence-electron chi connectivity index (χ2n) is 12.8. The molecule has 8 aromatic rings. The van der Waals surface area contributed by atoms with Crippen LogP contribution < -0.4 is 21.1 Å². The molecule has 0 radical (unpaired) electrons. The molecule has 0 fully saturated rings. The first-order valence-electron chi connectivity index (χ1n) is 16.3. The summed E-state index contributed by atoms with van der Waals surface area (Å²) in [7, 11) is 0. The zero-order chi connectivity index (χ0) is 37.7. The fourth-order valence-electron chi connectivity index (χ4n) is 7.54. The molecule has 0 aromatic heterocycles. The van der Waals surface area contributed by atoms with Gasteiger partial charge in [-0.2, -0.15) is 0 Å². The van der Waals surface area contributed by atoms with Crippen LogP contribution in [0.5, 0.6) is 11.5 Å². The SMILES string of the molecule is Fc1c(F)c(F)c(B(c2ccc(-c3cc4c5cccc6c5c(cc4c4ccccc34)-c3ccccc3O6)cc2)c2c(F)c(F)c(F)c(F)c2F)c(F)c1F. The predicted molar refractivity (Wildman–Crippen MR) is 187 cm³/mol. The van der Waals surface area contributed by atoms with Gasteiger partial charge in [0, 0.05) is 21.9 Å². The second-order valence-corrected chi connectivity index (χ2v) is 12.8. The average molecular weight is 738 g/mol. The van der Waals surface area contributed by atoms with Gasteiger partial charge in [-0.25, -0.2) is 43.9 Å². The summed E-state index contributed by atoms with van der Waals surface area (Å²) < 4.78 is 153. The van der Waals surface area contributed by atoms with Gasteiger partial charge in [0.1, 0.15) is 11.5 Å². The molecule has 0 saturated heterocycles. The third-order valence-electron chi connectivity index (χ3n) is 9.98. The highest BCUT2D eigenvalue weighted by atomic mass is 19.2. The predicted octanol–water partition coefficient (Wildman–Crippen LogP) is 10.5. The molecule has 0 aliphatic carbocycles. The van der Waals surface area contributed by atoms with Crippen molar-refractivity contribution in [2.24, 2.45) is 0 Å². The van der Waals surface area contributed by atoms with Gasteiger partial charge >= 0.3 is 0 Å². The number of fused-ring (bicyclic) bond motifs is 6. The van der Waals surface area contributed by atoms with Crippen LogP contribution in [0.4, 0.5) is 43.9 Å². The van der Waals surface area contributed by atoms with Gasteiger partial charge in [-0.1, -0.05) is 84.3 Å². The van der Waals surface area contributed by atoms with Crippen molar-refractivity contribution < 1.29 is 48.6 Å². The Kier molecular flexibility index (Phi) is 7.53. The van der Waals surface area contributed by atoms with Crippen molar-refractivity contribution in [3.05, 3.63) is 161 Å². The first kappa shape index (κ1) is 33.5. The molecule has 0 spiro atoms. The third kappa shape index (κ3) is 4.68. The number of para-hydroxylation sites is 1. The molecule has 1 aliphatic heterocycles. The molecule has 1 nitrogen and oxygen atoms in total. The Bertz CT molecular complexity index is 2800. The molecule has 0 bridgehead atoms. The van der Waals surface area contributed by atoms with Crippen LogP contribution in [0.15, 0.2) is 103 Å². The number of hydrogen-bond acceptors (Lipinski definition) is 1. The molecule has 264 valence electrons. The van der Waals surface area contributed by atoms with E-state index < -0.39 is 81.3 Å². The zero-order valence-electron chi connectivity index (χ0n) is 27.1. The molecule has 8 aromatic carbocycles. The molecule has 0 saturated carbocycles. The van der Waals surface area contributed by atoms with E-state index in [1.54, 1.807) is 6.07 Å². The maximum atomic E-state index is 15.3. The number of ether oxygens (including phenoxy) is 1. The van der Waals surface area contributed by atoms with E-state index in [1.165, 1.54) is 12.1 Å². The Hall–Kier alpha value is -6.30. The van der Waals surface area contributed by atoms with Crippen molar-refractivity contribution in [1.29, 1.82) is 0 Å². The van der Waals surface area contributed by atoms with Gasteiger partial charge in [0.2, 0.25) is 0 Å². The Labute approximate surface area is 298 Å². The number of halogens is 10. The van der Waals surface area contributed by atoms with Crippen LogP contribution in [0.1, 0.15) is 0 Å². The smallest absolute Gasteiger partial charge is 0.257 e. The zero-order valence-corrected chi connectivity index (χ0v) is 27.1. The Morgan fingerprint density at radius 1 is 0.352 bits per heavy atom. The standard InChI is InChI=1S/C42H17BF10O/c44-33-31(34(45)38(49)41(52)37(33)48)43(32-35(46)39(50)42(53)40(51)36(32)47)19-14-12-18(13-15-19)24-16-26-23-9-5-11-29-30(23)27(22-8-3-4-10-28(22)54-29)17-25(26)21-7-2-1-6-20(21)24/h1-17H. The van der Waals surface area contributed by atoms with Crippen molar-refractivity contribution in [2.45, 2.75) is 0 Å². The lowest BCUT2D eigenvalue weighted by molar-refractivity contribution is 0.382. The normalized spacial score (nSPS) is 12.0. The fraction of sp³-hybridized carbons (Fsp3) is 0. The second kappa shape index (κ2) is 12.1. The van der Waals surface area contributed by atoms with Crippen LogP contribution in [-0.2, 0) is 0 Å². The molecule has 0 amide bonds. The minimum Gasteiger partial charge on any atom is -0.456 e. The molecule has 0 N–H and O–H groups in total. The number of hydrogen-bond donors (Lipinski definition) is 0. The van der Waals surface area contributed by atoms with Gasteiger partial charge in [0.25, 0.3) is 6.71 Å². The fourth-order valence-corrected chi connectivity index (χ4v) is 7.54. The molecule has 9 rings (SSSR count). The van der Waals surface area contributed by atoms with Crippen molar-refractivity contribution in [1.82, 2.24) is 0 Å². The minimum atomic E-state index is -2.67. The average Bonchev–Trinajstić information content (AvgIpc) is 3.20. The lowest BCUT2D eigenvalue weighted by atomic mass is 9.36. The van der Waals surface area contributed by atoms with Crippen molar-refractivity contribution in [3.8, 4) is 33.8 Å².